The van der Waals surface area contributed by atoms with E-state index in [0.29, 0.717) is 40.9 Å². The average Bonchev–Trinajstić information content (AvgIpc) is 3.59. The molecule has 0 spiro atoms. The van der Waals surface area contributed by atoms with Crippen LogP contribution in [0.1, 0.15) is 53.1 Å². The Hall–Kier alpha value is -3.09. The molecular formula is C25H27NO6. The Morgan fingerprint density at radius 3 is 2.06 bits per heavy atom. The molecule has 32 heavy (non-hydrogen) atoms. The van der Waals surface area contributed by atoms with Gasteiger partial charge >= 0.3 is 5.97 Å². The summed E-state index contributed by atoms with van der Waals surface area (Å²) >= 11 is 0. The summed E-state index contributed by atoms with van der Waals surface area (Å²) in [6.07, 6.45) is 6.85. The number of methoxy groups -OCH3 is 2. The molecule has 2 saturated carbocycles. The van der Waals surface area contributed by atoms with Crippen LogP contribution in [0.3, 0.4) is 0 Å². The first-order valence-electron chi connectivity index (χ1n) is 11.3. The smallest absolute Gasteiger partial charge is 0.340 e. The average molecular weight is 437 g/mol. The lowest BCUT2D eigenvalue weighted by atomic mass is 9.72. The monoisotopic (exact) mass is 437 g/mol. The number of esters is 1. The minimum absolute atomic E-state index is 0.00738. The third-order valence-electron chi connectivity index (χ3n) is 8.20. The van der Waals surface area contributed by atoms with Crippen molar-refractivity contribution in [2.45, 2.75) is 31.6 Å². The maximum absolute atomic E-state index is 12.8. The van der Waals surface area contributed by atoms with Gasteiger partial charge in [0.05, 0.1) is 32.1 Å². The molecule has 0 aliphatic heterocycles. The molecule has 6 atom stereocenters. The van der Waals surface area contributed by atoms with Crippen molar-refractivity contribution >= 4 is 5.97 Å². The van der Waals surface area contributed by atoms with E-state index in [0.717, 1.165) is 17.5 Å². The van der Waals surface area contributed by atoms with Crippen molar-refractivity contribution in [2.75, 3.05) is 20.8 Å². The van der Waals surface area contributed by atoms with Crippen molar-refractivity contribution in [1.29, 1.82) is 0 Å². The van der Waals surface area contributed by atoms with E-state index in [2.05, 4.69) is 12.2 Å². The van der Waals surface area contributed by atoms with Gasteiger partial charge in [-0.15, -0.1) is 0 Å². The van der Waals surface area contributed by atoms with Crippen LogP contribution in [0.5, 0.6) is 23.3 Å². The van der Waals surface area contributed by atoms with Gasteiger partial charge in [0, 0.05) is 23.3 Å². The molecule has 4 aliphatic carbocycles. The molecule has 2 N–H and O–H groups in total. The molecule has 1 heterocycles. The van der Waals surface area contributed by atoms with Crippen LogP contribution in [-0.4, -0.2) is 41.6 Å². The molecule has 168 valence electrons. The number of hydrogen-bond donors (Lipinski definition) is 2. The van der Waals surface area contributed by atoms with Crippen molar-refractivity contribution in [3.8, 4) is 28.9 Å². The normalized spacial score (nSPS) is 30.5. The zero-order chi connectivity index (χ0) is 22.3. The summed E-state index contributed by atoms with van der Waals surface area (Å²) in [7, 11) is 3.00. The minimum Gasteiger partial charge on any atom is -0.494 e. The van der Waals surface area contributed by atoms with Gasteiger partial charge in [-0.2, -0.15) is 0 Å². The lowest BCUT2D eigenvalue weighted by Crippen LogP contribution is -2.24. The predicted molar refractivity (Wildman–Crippen MR) is 116 cm³/mol. The molecule has 6 unspecified atom stereocenters. The van der Waals surface area contributed by atoms with Gasteiger partial charge in [-0.05, 0) is 55.3 Å². The molecule has 4 bridgehead atoms. The lowest BCUT2D eigenvalue weighted by molar-refractivity contribution is 0.0526. The number of ether oxygens (including phenoxy) is 3. The molecule has 6 rings (SSSR count). The molecule has 0 radical (unpaired) electrons. The van der Waals surface area contributed by atoms with Gasteiger partial charge in [0.2, 0.25) is 11.8 Å². The van der Waals surface area contributed by atoms with Gasteiger partial charge in [-0.25, -0.2) is 4.79 Å². The fraction of sp³-hybridized carbons (Fsp3) is 0.480. The van der Waals surface area contributed by atoms with Crippen LogP contribution >= 0.6 is 0 Å². The Morgan fingerprint density at radius 1 is 0.969 bits per heavy atom. The highest BCUT2D eigenvalue weighted by Gasteiger charge is 2.62. The topological polar surface area (TPSA) is 90.2 Å². The summed E-state index contributed by atoms with van der Waals surface area (Å²) < 4.78 is 17.4. The van der Waals surface area contributed by atoms with Gasteiger partial charge in [0.25, 0.3) is 0 Å². The number of benzene rings is 1. The zero-order valence-electron chi connectivity index (χ0n) is 18.4. The van der Waals surface area contributed by atoms with Crippen LogP contribution in [0.2, 0.25) is 0 Å². The first-order valence-corrected chi connectivity index (χ1v) is 11.3. The third kappa shape index (κ3) is 2.29. The molecule has 1 aromatic carbocycles. The van der Waals surface area contributed by atoms with Crippen LogP contribution in [0.25, 0.3) is 5.69 Å². The molecule has 7 heteroatoms. The van der Waals surface area contributed by atoms with Gasteiger partial charge in [-0.1, -0.05) is 12.2 Å². The number of aromatic hydroxyl groups is 2. The number of rotatable bonds is 5. The number of carbonyl (C=O) groups excluding carboxylic acids is 1. The van der Waals surface area contributed by atoms with Crippen molar-refractivity contribution in [2.24, 2.45) is 23.7 Å². The predicted octanol–water partition coefficient (Wildman–Crippen LogP) is 4.11. The summed E-state index contributed by atoms with van der Waals surface area (Å²) in [5, 5.41) is 22.8. The number of aromatic nitrogens is 1. The van der Waals surface area contributed by atoms with E-state index in [1.54, 1.807) is 13.0 Å². The molecule has 1 aromatic heterocycles. The van der Waals surface area contributed by atoms with Gasteiger partial charge < -0.3 is 24.4 Å². The summed E-state index contributed by atoms with van der Waals surface area (Å²) in [5.41, 5.74) is 2.20. The van der Waals surface area contributed by atoms with Crippen LogP contribution in [0, 0.1) is 23.7 Å². The molecule has 2 fully saturated rings. The fourth-order valence-electron chi connectivity index (χ4n) is 7.21. The van der Waals surface area contributed by atoms with E-state index in [9.17, 15) is 15.0 Å². The van der Waals surface area contributed by atoms with E-state index in [1.807, 2.05) is 0 Å². The number of carbonyl (C=O) groups is 1. The van der Waals surface area contributed by atoms with Crippen molar-refractivity contribution in [3.05, 3.63) is 41.0 Å². The summed E-state index contributed by atoms with van der Waals surface area (Å²) in [6.45, 7) is 1.94. The number of allylic oxidation sites excluding steroid dienone is 2. The Bertz CT molecular complexity index is 1120. The first kappa shape index (κ1) is 19.6. The maximum atomic E-state index is 12.8. The second kappa shape index (κ2) is 6.70. The highest BCUT2D eigenvalue weighted by Crippen LogP contribution is 2.72. The second-order valence-corrected chi connectivity index (χ2v) is 9.31. The van der Waals surface area contributed by atoms with Crippen LogP contribution in [0.4, 0.5) is 0 Å². The summed E-state index contributed by atoms with van der Waals surface area (Å²) in [6, 6.07) is 3.14. The highest BCUT2D eigenvalue weighted by atomic mass is 16.5. The number of nitrogens with zero attached hydrogens (tertiary/aromatic N) is 1. The van der Waals surface area contributed by atoms with Crippen LogP contribution < -0.4 is 9.47 Å². The Labute approximate surface area is 186 Å². The largest absolute Gasteiger partial charge is 0.494 e. The van der Waals surface area contributed by atoms with Crippen molar-refractivity contribution in [3.63, 3.8) is 0 Å². The Morgan fingerprint density at radius 2 is 1.53 bits per heavy atom. The standard InChI is InChI=1S/C25H27NO6/c1-4-32-25(29)13-9-17(30-2)18(31-3)10-16(13)26-23(27)21-14-8-15(22(21)24(26)28)20-12-6-5-11(7-12)19(14)20/h5-6,9-12,14-15,19-20,27-28H,4,7-8H2,1-3H3. The molecule has 7 nitrogen and oxygen atoms in total. The van der Waals surface area contributed by atoms with Gasteiger partial charge in [0.1, 0.15) is 0 Å². The van der Waals surface area contributed by atoms with Crippen LogP contribution in [-0.2, 0) is 4.74 Å². The number of hydrogen-bond acceptors (Lipinski definition) is 6. The molecular weight excluding hydrogens is 410 g/mol. The maximum Gasteiger partial charge on any atom is 0.340 e. The molecule has 2 aromatic rings. The van der Waals surface area contributed by atoms with E-state index >= 15 is 0 Å². The molecule has 0 saturated heterocycles. The summed E-state index contributed by atoms with van der Waals surface area (Å²) in [5.74, 6) is 2.87. The quantitative estimate of drug-likeness (QED) is 0.416. The second-order valence-electron chi connectivity index (χ2n) is 9.31. The third-order valence-corrected chi connectivity index (χ3v) is 8.20. The highest BCUT2D eigenvalue weighted by molar-refractivity contribution is 5.95. The Kier molecular flexibility index (Phi) is 4.10. The minimum atomic E-state index is -0.557. The molecule has 4 aliphatic rings. The summed E-state index contributed by atoms with van der Waals surface area (Å²) in [4.78, 5) is 12.8. The van der Waals surface area contributed by atoms with E-state index < -0.39 is 5.97 Å². The van der Waals surface area contributed by atoms with Crippen LogP contribution in [0.15, 0.2) is 24.3 Å². The van der Waals surface area contributed by atoms with E-state index in [-0.39, 0.29) is 35.8 Å². The fourth-order valence-corrected chi connectivity index (χ4v) is 7.21. The van der Waals surface area contributed by atoms with Gasteiger partial charge in [-0.3, -0.25) is 4.57 Å². The zero-order valence-corrected chi connectivity index (χ0v) is 18.4. The number of fused-ring (bicyclic) bond motifs is 12. The van der Waals surface area contributed by atoms with Crippen molar-refractivity contribution in [1.82, 2.24) is 4.57 Å². The van der Waals surface area contributed by atoms with Crippen molar-refractivity contribution < 1.29 is 29.2 Å². The molecule has 0 amide bonds. The van der Waals surface area contributed by atoms with E-state index in [4.69, 9.17) is 14.2 Å². The lowest BCUT2D eigenvalue weighted by Gasteiger charge is -2.31. The Balaban J connectivity index is 1.53. The first-order chi connectivity index (χ1) is 15.5. The van der Waals surface area contributed by atoms with Gasteiger partial charge in [0.15, 0.2) is 11.5 Å². The van der Waals surface area contributed by atoms with E-state index in [1.165, 1.54) is 31.3 Å². The SMILES string of the molecule is CCOC(=O)c1cc(OC)c(OC)cc1-n1c(O)c2c(c1O)C1CC2C2C3C=CC(C3)C12.